The third-order valence-electron chi connectivity index (χ3n) is 4.07. The number of nitriles is 1. The van der Waals surface area contributed by atoms with Gasteiger partial charge < -0.3 is 5.11 Å². The molecular weight excluding hydrogens is 361 g/mol. The maximum absolute atomic E-state index is 12.5. The van der Waals surface area contributed by atoms with Crippen molar-refractivity contribution >= 4 is 35.1 Å². The van der Waals surface area contributed by atoms with Crippen molar-refractivity contribution in [3.05, 3.63) is 55.3 Å². The highest BCUT2D eigenvalue weighted by molar-refractivity contribution is 6.42. The van der Waals surface area contributed by atoms with Crippen LogP contribution in [0.2, 0.25) is 10.0 Å². The van der Waals surface area contributed by atoms with Crippen LogP contribution in [0.4, 0.5) is 5.69 Å². The molecule has 2 rings (SSSR count). The van der Waals surface area contributed by atoms with Crippen molar-refractivity contribution in [2.75, 3.05) is 0 Å². The minimum atomic E-state index is -0.501. The molecule has 1 N–H and O–H groups in total. The Morgan fingerprint density at radius 2 is 2.08 bits per heavy atom. The van der Waals surface area contributed by atoms with Crippen molar-refractivity contribution in [1.29, 1.82) is 5.26 Å². The van der Waals surface area contributed by atoms with Gasteiger partial charge in [-0.15, -0.1) is 0 Å². The predicted molar refractivity (Wildman–Crippen MR) is 101 cm³/mol. The van der Waals surface area contributed by atoms with Gasteiger partial charge >= 0.3 is 0 Å². The Hall–Kier alpha value is -2.29. The smallest absolute Gasteiger partial charge is 0.271 e. The van der Waals surface area contributed by atoms with Gasteiger partial charge in [-0.25, -0.2) is 0 Å². The topological polar surface area (TPSA) is 78.4 Å². The van der Waals surface area contributed by atoms with E-state index in [1.165, 1.54) is 10.8 Å². The van der Waals surface area contributed by atoms with Crippen molar-refractivity contribution < 1.29 is 5.11 Å². The zero-order chi connectivity index (χ0) is 18.7. The van der Waals surface area contributed by atoms with Gasteiger partial charge in [0.05, 0.1) is 21.3 Å². The summed E-state index contributed by atoms with van der Waals surface area (Å²) in [6, 6.07) is 6.54. The van der Waals surface area contributed by atoms with E-state index in [9.17, 15) is 15.2 Å². The molecule has 0 bridgehead atoms. The standard InChI is InChI=1S/C18H17Cl2N3O2/c1-4-10(2)23-17(24)13(8-21)11(3)14(18(23)25)9-22-12-5-6-15(19)16(20)7-12/h5-7,9-10,25H,4H2,1-3H3. The van der Waals surface area contributed by atoms with Crippen LogP contribution in [0, 0.1) is 18.3 Å². The fourth-order valence-corrected chi connectivity index (χ4v) is 2.68. The maximum atomic E-state index is 12.5. The fraction of sp³-hybridized carbons (Fsp3) is 0.278. The van der Waals surface area contributed by atoms with Gasteiger partial charge in [-0.1, -0.05) is 30.1 Å². The molecule has 1 heterocycles. The van der Waals surface area contributed by atoms with Crippen LogP contribution in [0.15, 0.2) is 28.0 Å². The summed E-state index contributed by atoms with van der Waals surface area (Å²) in [5.74, 6) is -0.209. The Morgan fingerprint density at radius 3 is 2.64 bits per heavy atom. The van der Waals surface area contributed by atoms with Gasteiger partial charge in [0.1, 0.15) is 11.6 Å². The van der Waals surface area contributed by atoms with Crippen LogP contribution in [0.3, 0.4) is 0 Å². The molecule has 0 radical (unpaired) electrons. The predicted octanol–water partition coefficient (Wildman–Crippen LogP) is 4.76. The molecule has 5 nitrogen and oxygen atoms in total. The number of pyridine rings is 1. The van der Waals surface area contributed by atoms with Gasteiger partial charge in [-0.2, -0.15) is 5.26 Å². The summed E-state index contributed by atoms with van der Waals surface area (Å²) in [5.41, 5.74) is 0.733. The van der Waals surface area contributed by atoms with E-state index in [4.69, 9.17) is 23.2 Å². The molecule has 1 atom stereocenters. The van der Waals surface area contributed by atoms with E-state index in [1.54, 1.807) is 32.0 Å². The second-order valence-electron chi connectivity index (χ2n) is 5.64. The average molecular weight is 378 g/mol. The lowest BCUT2D eigenvalue weighted by Gasteiger charge is -2.18. The van der Waals surface area contributed by atoms with Crippen LogP contribution in [-0.2, 0) is 0 Å². The van der Waals surface area contributed by atoms with E-state index in [0.29, 0.717) is 33.3 Å². The number of rotatable bonds is 4. The second-order valence-corrected chi connectivity index (χ2v) is 6.45. The lowest BCUT2D eigenvalue weighted by Crippen LogP contribution is -2.27. The highest BCUT2D eigenvalue weighted by Crippen LogP contribution is 2.28. The molecule has 130 valence electrons. The highest BCUT2D eigenvalue weighted by Gasteiger charge is 2.20. The molecule has 0 aliphatic rings. The van der Waals surface area contributed by atoms with E-state index >= 15 is 0 Å². The molecule has 7 heteroatoms. The molecular formula is C18H17Cl2N3O2. The quantitative estimate of drug-likeness (QED) is 0.779. The van der Waals surface area contributed by atoms with Crippen LogP contribution in [-0.4, -0.2) is 15.9 Å². The Morgan fingerprint density at radius 1 is 1.40 bits per heavy atom. The molecule has 2 aromatic rings. The first-order chi connectivity index (χ1) is 11.8. The summed E-state index contributed by atoms with van der Waals surface area (Å²) in [5, 5.41) is 20.7. The number of benzene rings is 1. The monoisotopic (exact) mass is 377 g/mol. The van der Waals surface area contributed by atoms with Gasteiger partial charge in [-0.3, -0.25) is 14.4 Å². The Balaban J connectivity index is 2.64. The first-order valence-electron chi connectivity index (χ1n) is 7.69. The molecule has 0 aliphatic carbocycles. The zero-order valence-corrected chi connectivity index (χ0v) is 15.6. The minimum Gasteiger partial charge on any atom is -0.494 e. The SMILES string of the molecule is CCC(C)n1c(O)c(C=Nc2ccc(Cl)c(Cl)c2)c(C)c(C#N)c1=O. The summed E-state index contributed by atoms with van der Waals surface area (Å²) in [6.45, 7) is 5.31. The molecule has 0 aliphatic heterocycles. The minimum absolute atomic E-state index is 0.00584. The Kier molecular flexibility index (Phi) is 5.89. The summed E-state index contributed by atoms with van der Waals surface area (Å²) >= 11 is 11.8. The number of aliphatic imine (C=N–C) groups is 1. The number of nitrogens with zero attached hydrogens (tertiary/aromatic N) is 3. The molecule has 1 aromatic carbocycles. The lowest BCUT2D eigenvalue weighted by molar-refractivity contribution is 0.372. The van der Waals surface area contributed by atoms with Crippen LogP contribution in [0.5, 0.6) is 5.88 Å². The van der Waals surface area contributed by atoms with Crippen molar-refractivity contribution in [2.45, 2.75) is 33.2 Å². The van der Waals surface area contributed by atoms with Crippen molar-refractivity contribution in [1.82, 2.24) is 4.57 Å². The molecule has 0 spiro atoms. The van der Waals surface area contributed by atoms with Crippen LogP contribution in [0.25, 0.3) is 0 Å². The summed E-state index contributed by atoms with van der Waals surface area (Å²) < 4.78 is 1.22. The first kappa shape index (κ1) is 19.0. The summed E-state index contributed by atoms with van der Waals surface area (Å²) in [4.78, 5) is 16.7. The molecule has 0 saturated carbocycles. The van der Waals surface area contributed by atoms with Gasteiger partial charge in [-0.05, 0) is 44.0 Å². The number of aromatic hydroxyl groups is 1. The van der Waals surface area contributed by atoms with Crippen LogP contribution in [0.1, 0.15) is 43.0 Å². The van der Waals surface area contributed by atoms with Crippen LogP contribution < -0.4 is 5.56 Å². The Labute approximate surface area is 155 Å². The van der Waals surface area contributed by atoms with E-state index in [1.807, 2.05) is 13.0 Å². The number of aromatic nitrogens is 1. The van der Waals surface area contributed by atoms with E-state index < -0.39 is 5.56 Å². The molecule has 0 amide bonds. The van der Waals surface area contributed by atoms with E-state index in [2.05, 4.69) is 4.99 Å². The number of hydrogen-bond donors (Lipinski definition) is 1. The summed E-state index contributed by atoms with van der Waals surface area (Å²) in [7, 11) is 0. The largest absolute Gasteiger partial charge is 0.494 e. The highest BCUT2D eigenvalue weighted by atomic mass is 35.5. The first-order valence-corrected chi connectivity index (χ1v) is 8.44. The normalized spacial score (nSPS) is 12.3. The average Bonchev–Trinajstić information content (AvgIpc) is 2.58. The van der Waals surface area contributed by atoms with Gasteiger partial charge in [0, 0.05) is 12.3 Å². The van der Waals surface area contributed by atoms with Crippen molar-refractivity contribution in [2.24, 2.45) is 4.99 Å². The van der Waals surface area contributed by atoms with Crippen LogP contribution >= 0.6 is 23.2 Å². The van der Waals surface area contributed by atoms with E-state index in [-0.39, 0.29) is 17.5 Å². The second kappa shape index (κ2) is 7.73. The zero-order valence-electron chi connectivity index (χ0n) is 14.0. The summed E-state index contributed by atoms with van der Waals surface area (Å²) in [6.07, 6.45) is 2.05. The number of halogens is 2. The van der Waals surface area contributed by atoms with Gasteiger partial charge in [0.2, 0.25) is 5.88 Å². The van der Waals surface area contributed by atoms with Crippen molar-refractivity contribution in [3.8, 4) is 11.9 Å². The third-order valence-corrected chi connectivity index (χ3v) is 4.81. The molecule has 1 aromatic heterocycles. The molecule has 0 saturated heterocycles. The molecule has 0 fully saturated rings. The van der Waals surface area contributed by atoms with Gasteiger partial charge in [0.25, 0.3) is 5.56 Å². The third kappa shape index (κ3) is 3.71. The van der Waals surface area contributed by atoms with Crippen molar-refractivity contribution in [3.63, 3.8) is 0 Å². The fourth-order valence-electron chi connectivity index (χ4n) is 2.39. The number of hydrogen-bond acceptors (Lipinski definition) is 4. The maximum Gasteiger partial charge on any atom is 0.271 e. The lowest BCUT2D eigenvalue weighted by atomic mass is 10.0. The Bertz CT molecular complexity index is 943. The van der Waals surface area contributed by atoms with E-state index in [0.717, 1.165) is 0 Å². The molecule has 1 unspecified atom stereocenters. The van der Waals surface area contributed by atoms with Gasteiger partial charge in [0.15, 0.2) is 0 Å². The molecule has 25 heavy (non-hydrogen) atoms.